The molecule has 5 heteroatoms. The Hall–Kier alpha value is -3.31. The molecule has 0 saturated carbocycles. The fraction of sp³-hybridized carbons (Fsp3) is 0.120. The Balaban J connectivity index is 1.61. The van der Waals surface area contributed by atoms with E-state index >= 15 is 0 Å². The Morgan fingerprint density at radius 3 is 2.17 bits per heavy atom. The quantitative estimate of drug-likeness (QED) is 0.362. The number of carbonyl (C=O) groups excluding carboxylic acids is 1. The van der Waals surface area contributed by atoms with Crippen LogP contribution >= 0.6 is 11.8 Å². The van der Waals surface area contributed by atoms with Crippen molar-refractivity contribution in [1.82, 2.24) is 4.98 Å². The van der Waals surface area contributed by atoms with Crippen LogP contribution in [0.3, 0.4) is 0 Å². The van der Waals surface area contributed by atoms with Crippen LogP contribution in [0, 0.1) is 6.92 Å². The zero-order valence-electron chi connectivity index (χ0n) is 16.9. The summed E-state index contributed by atoms with van der Waals surface area (Å²) in [5, 5.41) is 1.86. The number of methoxy groups -OCH3 is 1. The van der Waals surface area contributed by atoms with Crippen molar-refractivity contribution in [3.05, 3.63) is 90.5 Å². The second-order valence-electron chi connectivity index (χ2n) is 6.82. The predicted molar refractivity (Wildman–Crippen MR) is 124 cm³/mol. The molecule has 4 aromatic rings. The van der Waals surface area contributed by atoms with Crippen molar-refractivity contribution < 1.29 is 9.53 Å². The van der Waals surface area contributed by atoms with E-state index in [1.54, 1.807) is 12.0 Å². The molecule has 0 bridgehead atoms. The molecule has 150 valence electrons. The monoisotopic (exact) mass is 414 g/mol. The van der Waals surface area contributed by atoms with Gasteiger partial charge in [0.1, 0.15) is 11.3 Å². The first kappa shape index (κ1) is 20.0. The molecule has 3 aromatic carbocycles. The number of aromatic nitrogens is 1. The maximum Gasteiger partial charge on any atom is 0.241 e. The van der Waals surface area contributed by atoms with E-state index in [0.29, 0.717) is 0 Å². The van der Waals surface area contributed by atoms with Crippen LogP contribution in [0.4, 0.5) is 11.4 Å². The van der Waals surface area contributed by atoms with Crippen molar-refractivity contribution in [2.75, 3.05) is 17.8 Å². The largest absolute Gasteiger partial charge is 0.494 e. The van der Waals surface area contributed by atoms with Gasteiger partial charge in [-0.05, 0) is 48.9 Å². The van der Waals surface area contributed by atoms with Crippen LogP contribution in [-0.2, 0) is 4.79 Å². The second-order valence-corrected chi connectivity index (χ2v) is 7.82. The first-order valence-corrected chi connectivity index (χ1v) is 10.7. The maximum absolute atomic E-state index is 13.2. The van der Waals surface area contributed by atoms with Crippen LogP contribution in [0.25, 0.3) is 10.9 Å². The lowest BCUT2D eigenvalue weighted by Crippen LogP contribution is -2.27. The zero-order valence-corrected chi connectivity index (χ0v) is 17.7. The van der Waals surface area contributed by atoms with Crippen molar-refractivity contribution in [3.63, 3.8) is 0 Å². The lowest BCUT2D eigenvalue weighted by atomic mass is 10.1. The van der Waals surface area contributed by atoms with Gasteiger partial charge in [-0.3, -0.25) is 9.69 Å². The number of nitrogens with zero attached hydrogens (tertiary/aromatic N) is 2. The molecule has 0 aliphatic rings. The average molecular weight is 415 g/mol. The van der Waals surface area contributed by atoms with Gasteiger partial charge in [0.15, 0.2) is 0 Å². The lowest BCUT2D eigenvalue weighted by molar-refractivity contribution is -0.115. The Morgan fingerprint density at radius 2 is 1.57 bits per heavy atom. The summed E-state index contributed by atoms with van der Waals surface area (Å²) in [5.74, 6) is 1.01. The van der Waals surface area contributed by atoms with Gasteiger partial charge in [0.2, 0.25) is 5.91 Å². The predicted octanol–water partition coefficient (Wildman–Crippen LogP) is 6.01. The first-order valence-electron chi connectivity index (χ1n) is 9.67. The Morgan fingerprint density at radius 1 is 0.933 bits per heavy atom. The fourth-order valence-electron chi connectivity index (χ4n) is 3.39. The van der Waals surface area contributed by atoms with Crippen molar-refractivity contribution in [2.24, 2.45) is 0 Å². The Labute approximate surface area is 180 Å². The fourth-order valence-corrected chi connectivity index (χ4v) is 4.21. The molecule has 0 aliphatic heterocycles. The molecular weight excluding hydrogens is 392 g/mol. The summed E-state index contributed by atoms with van der Waals surface area (Å²) in [6.07, 6.45) is 0. The van der Waals surface area contributed by atoms with E-state index in [-0.39, 0.29) is 11.7 Å². The molecule has 0 atom stereocenters. The standard InChI is InChI=1S/C25H22N2O2S/c1-18-16-23(26-25-21(18)14-9-15-22(25)29-2)30-17-24(28)27(19-10-5-3-6-11-19)20-12-7-4-8-13-20/h3-16H,17H2,1-2H3. The van der Waals surface area contributed by atoms with Gasteiger partial charge in [0.05, 0.1) is 17.9 Å². The number of aryl methyl sites for hydroxylation is 1. The summed E-state index contributed by atoms with van der Waals surface area (Å²) in [5.41, 5.74) is 3.62. The van der Waals surface area contributed by atoms with Gasteiger partial charge in [-0.2, -0.15) is 0 Å². The molecule has 1 aromatic heterocycles. The van der Waals surface area contributed by atoms with E-state index < -0.39 is 0 Å². The molecule has 0 radical (unpaired) electrons. The number of thioether (sulfide) groups is 1. The number of amides is 1. The summed E-state index contributed by atoms with van der Waals surface area (Å²) in [6, 6.07) is 27.3. The van der Waals surface area contributed by atoms with Gasteiger partial charge in [0.25, 0.3) is 0 Å². The van der Waals surface area contributed by atoms with Gasteiger partial charge >= 0.3 is 0 Å². The highest BCUT2D eigenvalue weighted by Gasteiger charge is 2.18. The Bertz CT molecular complexity index is 1120. The number of para-hydroxylation sites is 3. The molecule has 0 unspecified atom stereocenters. The van der Waals surface area contributed by atoms with E-state index in [0.717, 1.165) is 38.6 Å². The summed E-state index contributed by atoms with van der Waals surface area (Å²) < 4.78 is 5.47. The number of carbonyl (C=O) groups is 1. The lowest BCUT2D eigenvalue weighted by Gasteiger charge is -2.23. The maximum atomic E-state index is 13.2. The SMILES string of the molecule is COc1cccc2c(C)cc(SCC(=O)N(c3ccccc3)c3ccccc3)nc12. The first-order chi connectivity index (χ1) is 14.7. The molecule has 1 amide bonds. The highest BCUT2D eigenvalue weighted by Crippen LogP contribution is 2.31. The van der Waals surface area contributed by atoms with Crippen molar-refractivity contribution in [3.8, 4) is 5.75 Å². The molecule has 30 heavy (non-hydrogen) atoms. The molecule has 4 nitrogen and oxygen atoms in total. The second kappa shape index (κ2) is 9.01. The number of fused-ring (bicyclic) bond motifs is 1. The molecule has 0 fully saturated rings. The minimum Gasteiger partial charge on any atom is -0.494 e. The van der Waals surface area contributed by atoms with Crippen LogP contribution in [0.5, 0.6) is 5.75 Å². The van der Waals surface area contributed by atoms with Crippen LogP contribution in [0.15, 0.2) is 90.0 Å². The number of hydrogen-bond acceptors (Lipinski definition) is 4. The summed E-state index contributed by atoms with van der Waals surface area (Å²) in [4.78, 5) is 19.7. The molecule has 0 N–H and O–H groups in total. The number of hydrogen-bond donors (Lipinski definition) is 0. The van der Waals surface area contributed by atoms with E-state index in [9.17, 15) is 4.79 Å². The van der Waals surface area contributed by atoms with Crippen molar-refractivity contribution in [2.45, 2.75) is 11.9 Å². The van der Waals surface area contributed by atoms with E-state index in [4.69, 9.17) is 9.72 Å². The van der Waals surface area contributed by atoms with Gasteiger partial charge in [-0.15, -0.1) is 0 Å². The zero-order chi connectivity index (χ0) is 20.9. The molecule has 0 saturated heterocycles. The number of rotatable bonds is 6. The normalized spacial score (nSPS) is 10.7. The molecular formula is C25H22N2O2S. The number of ether oxygens (including phenoxy) is 1. The Kier molecular flexibility index (Phi) is 6.00. The van der Waals surface area contributed by atoms with Gasteiger partial charge in [0, 0.05) is 16.8 Å². The molecule has 4 rings (SSSR count). The smallest absolute Gasteiger partial charge is 0.241 e. The summed E-state index contributed by atoms with van der Waals surface area (Å²) in [6.45, 7) is 2.05. The average Bonchev–Trinajstić information content (AvgIpc) is 2.79. The summed E-state index contributed by atoms with van der Waals surface area (Å²) in [7, 11) is 1.65. The third kappa shape index (κ3) is 4.16. The van der Waals surface area contributed by atoms with Gasteiger partial charge in [-0.25, -0.2) is 4.98 Å². The minimum absolute atomic E-state index is 0.00280. The number of anilines is 2. The van der Waals surface area contributed by atoms with Crippen molar-refractivity contribution >= 4 is 39.9 Å². The summed E-state index contributed by atoms with van der Waals surface area (Å²) >= 11 is 1.44. The highest BCUT2D eigenvalue weighted by molar-refractivity contribution is 7.99. The van der Waals surface area contributed by atoms with Crippen LogP contribution in [0.2, 0.25) is 0 Å². The minimum atomic E-state index is -0.00280. The molecule has 0 aliphatic carbocycles. The third-order valence-corrected chi connectivity index (χ3v) is 5.72. The van der Waals surface area contributed by atoms with E-state index in [2.05, 4.69) is 6.92 Å². The van der Waals surface area contributed by atoms with E-state index in [1.807, 2.05) is 84.9 Å². The van der Waals surface area contributed by atoms with Gasteiger partial charge < -0.3 is 4.74 Å². The topological polar surface area (TPSA) is 42.4 Å². The molecule has 0 spiro atoms. The highest BCUT2D eigenvalue weighted by atomic mass is 32.2. The van der Waals surface area contributed by atoms with Gasteiger partial charge in [-0.1, -0.05) is 60.3 Å². The van der Waals surface area contributed by atoms with E-state index in [1.165, 1.54) is 11.8 Å². The number of pyridine rings is 1. The third-order valence-electron chi connectivity index (χ3n) is 4.83. The van der Waals surface area contributed by atoms with Crippen LogP contribution in [-0.4, -0.2) is 23.8 Å². The molecule has 1 heterocycles. The number of benzene rings is 3. The van der Waals surface area contributed by atoms with Crippen LogP contribution < -0.4 is 9.64 Å². The van der Waals surface area contributed by atoms with Crippen molar-refractivity contribution in [1.29, 1.82) is 0 Å². The van der Waals surface area contributed by atoms with Crippen LogP contribution in [0.1, 0.15) is 5.56 Å².